The molecule has 170 valence electrons. The van der Waals surface area contributed by atoms with Gasteiger partial charge in [0, 0.05) is 41.9 Å². The second-order valence-electron chi connectivity index (χ2n) is 8.01. The van der Waals surface area contributed by atoms with Crippen LogP contribution in [0.15, 0.2) is 78.0 Å². The molecule has 5 aromatic rings. The molecule has 0 saturated heterocycles. The molecule has 3 aromatic heterocycles. The van der Waals surface area contributed by atoms with Gasteiger partial charge in [-0.2, -0.15) is 10.1 Å². The number of nitrogens with zero attached hydrogens (tertiary/aromatic N) is 5. The van der Waals surface area contributed by atoms with E-state index in [0.29, 0.717) is 16.2 Å². The maximum absolute atomic E-state index is 13.7. The predicted molar refractivity (Wildman–Crippen MR) is 135 cm³/mol. The van der Waals surface area contributed by atoms with Gasteiger partial charge in [0.2, 0.25) is 5.95 Å². The Hall–Kier alpha value is -4.17. The number of anilines is 2. The van der Waals surface area contributed by atoms with Gasteiger partial charge in [-0.05, 0) is 36.6 Å². The number of nitrogens with two attached hydrogens (primary N) is 1. The molecule has 0 spiro atoms. The lowest BCUT2D eigenvalue weighted by Gasteiger charge is -2.22. The van der Waals surface area contributed by atoms with E-state index in [1.54, 1.807) is 27.7 Å². The third kappa shape index (κ3) is 3.88. The fourth-order valence-corrected chi connectivity index (χ4v) is 4.32. The highest BCUT2D eigenvalue weighted by molar-refractivity contribution is 6.35. The minimum Gasteiger partial charge on any atom is -0.368 e. The first-order chi connectivity index (χ1) is 16.4. The van der Waals surface area contributed by atoms with Crippen LogP contribution in [0.5, 0.6) is 0 Å². The molecule has 0 amide bonds. The Morgan fingerprint density at radius 2 is 1.88 bits per heavy atom. The standard InChI is InChI=1S/C25H22ClN7O/c1-15(30-23-19(13-28-25(27)31-23)17-12-29-32(2)14-17)21-11-16-7-6-10-20(26)22(16)24(34)33(21)18-8-4-3-5-9-18/h3-15H,1-2H3,(H3,27,28,30,31)/t15-/m0/s1. The molecule has 0 aliphatic rings. The van der Waals surface area contributed by atoms with Crippen LogP contribution in [-0.4, -0.2) is 24.3 Å². The van der Waals surface area contributed by atoms with E-state index in [1.807, 2.05) is 68.7 Å². The number of hydrogen-bond donors (Lipinski definition) is 2. The van der Waals surface area contributed by atoms with Crippen molar-refractivity contribution in [2.75, 3.05) is 11.1 Å². The van der Waals surface area contributed by atoms with Crippen molar-refractivity contribution in [1.29, 1.82) is 0 Å². The number of fused-ring (bicyclic) bond motifs is 1. The number of rotatable bonds is 5. The van der Waals surface area contributed by atoms with Crippen molar-refractivity contribution in [3.8, 4) is 16.8 Å². The highest BCUT2D eigenvalue weighted by Crippen LogP contribution is 2.31. The number of aromatic nitrogens is 5. The summed E-state index contributed by atoms with van der Waals surface area (Å²) in [7, 11) is 1.84. The lowest BCUT2D eigenvalue weighted by atomic mass is 10.1. The van der Waals surface area contributed by atoms with Gasteiger partial charge in [-0.3, -0.25) is 14.0 Å². The van der Waals surface area contributed by atoms with Gasteiger partial charge < -0.3 is 11.1 Å². The van der Waals surface area contributed by atoms with Gasteiger partial charge in [0.15, 0.2) is 0 Å². The summed E-state index contributed by atoms with van der Waals surface area (Å²) in [5.41, 5.74) is 8.82. The molecule has 2 aromatic carbocycles. The van der Waals surface area contributed by atoms with Crippen molar-refractivity contribution in [3.63, 3.8) is 0 Å². The van der Waals surface area contributed by atoms with E-state index < -0.39 is 0 Å². The summed E-state index contributed by atoms with van der Waals surface area (Å²) in [5.74, 6) is 0.694. The van der Waals surface area contributed by atoms with E-state index >= 15 is 0 Å². The number of pyridine rings is 1. The van der Waals surface area contributed by atoms with E-state index in [4.69, 9.17) is 17.3 Å². The van der Waals surface area contributed by atoms with Gasteiger partial charge in [0.05, 0.1) is 22.6 Å². The normalized spacial score (nSPS) is 12.1. The summed E-state index contributed by atoms with van der Waals surface area (Å²) in [6, 6.07) is 16.6. The lowest BCUT2D eigenvalue weighted by molar-refractivity contribution is 0.768. The molecule has 9 heteroatoms. The summed E-state index contributed by atoms with van der Waals surface area (Å²) in [6.07, 6.45) is 5.28. The highest BCUT2D eigenvalue weighted by Gasteiger charge is 2.20. The summed E-state index contributed by atoms with van der Waals surface area (Å²) in [6.45, 7) is 1.97. The summed E-state index contributed by atoms with van der Waals surface area (Å²) in [4.78, 5) is 22.3. The number of para-hydroxylation sites is 1. The molecule has 34 heavy (non-hydrogen) atoms. The molecule has 0 aliphatic heterocycles. The van der Waals surface area contributed by atoms with Crippen LogP contribution >= 0.6 is 11.6 Å². The van der Waals surface area contributed by atoms with E-state index in [2.05, 4.69) is 20.4 Å². The molecule has 0 unspecified atom stereocenters. The number of nitrogen functional groups attached to an aromatic ring is 1. The first kappa shape index (κ1) is 21.7. The molecule has 1 atom stereocenters. The molecule has 0 bridgehead atoms. The Bertz CT molecular complexity index is 1560. The maximum atomic E-state index is 13.7. The van der Waals surface area contributed by atoms with Crippen LogP contribution in [0.25, 0.3) is 27.6 Å². The lowest BCUT2D eigenvalue weighted by Crippen LogP contribution is -2.26. The quantitative estimate of drug-likeness (QED) is 0.388. The van der Waals surface area contributed by atoms with Crippen LogP contribution in [0.4, 0.5) is 11.8 Å². The van der Waals surface area contributed by atoms with Gasteiger partial charge in [0.1, 0.15) is 5.82 Å². The fraction of sp³-hybridized carbons (Fsp3) is 0.120. The summed E-state index contributed by atoms with van der Waals surface area (Å²) >= 11 is 6.42. The Morgan fingerprint density at radius 1 is 1.09 bits per heavy atom. The molecular weight excluding hydrogens is 450 g/mol. The van der Waals surface area contributed by atoms with Crippen LogP contribution in [0, 0.1) is 0 Å². The predicted octanol–water partition coefficient (Wildman–Crippen LogP) is 4.59. The van der Waals surface area contributed by atoms with Gasteiger partial charge in [-0.1, -0.05) is 41.9 Å². The van der Waals surface area contributed by atoms with Crippen molar-refractivity contribution in [3.05, 3.63) is 94.3 Å². The van der Waals surface area contributed by atoms with E-state index in [0.717, 1.165) is 27.9 Å². The number of hydrogen-bond acceptors (Lipinski definition) is 6. The van der Waals surface area contributed by atoms with Crippen LogP contribution in [0.3, 0.4) is 0 Å². The number of aryl methyl sites for hydroxylation is 1. The molecule has 3 N–H and O–H groups in total. The van der Waals surface area contributed by atoms with Crippen molar-refractivity contribution in [1.82, 2.24) is 24.3 Å². The largest absolute Gasteiger partial charge is 0.368 e. The zero-order chi connectivity index (χ0) is 23.8. The zero-order valence-electron chi connectivity index (χ0n) is 18.6. The zero-order valence-corrected chi connectivity index (χ0v) is 19.4. The van der Waals surface area contributed by atoms with Gasteiger partial charge >= 0.3 is 0 Å². The van der Waals surface area contributed by atoms with Crippen LogP contribution in [0.2, 0.25) is 5.02 Å². The Kier molecular flexibility index (Phi) is 5.51. The average molecular weight is 472 g/mol. The highest BCUT2D eigenvalue weighted by atomic mass is 35.5. The second-order valence-corrected chi connectivity index (χ2v) is 8.42. The average Bonchev–Trinajstić information content (AvgIpc) is 3.25. The fourth-order valence-electron chi connectivity index (χ4n) is 4.06. The summed E-state index contributed by atoms with van der Waals surface area (Å²) < 4.78 is 3.39. The van der Waals surface area contributed by atoms with Gasteiger partial charge in [0.25, 0.3) is 5.56 Å². The first-order valence-corrected chi connectivity index (χ1v) is 11.1. The van der Waals surface area contributed by atoms with Crippen molar-refractivity contribution < 1.29 is 0 Å². The minimum absolute atomic E-state index is 0.146. The van der Waals surface area contributed by atoms with Gasteiger partial charge in [-0.25, -0.2) is 4.98 Å². The van der Waals surface area contributed by atoms with Crippen molar-refractivity contribution >= 4 is 34.1 Å². The van der Waals surface area contributed by atoms with Crippen molar-refractivity contribution in [2.45, 2.75) is 13.0 Å². The SMILES string of the molecule is C[C@H](Nc1nc(N)ncc1-c1cnn(C)c1)c1cc2cccc(Cl)c2c(=O)n1-c1ccccc1. The molecule has 0 radical (unpaired) electrons. The number of halogens is 1. The third-order valence-electron chi connectivity index (χ3n) is 5.66. The molecule has 3 heterocycles. The first-order valence-electron chi connectivity index (χ1n) is 10.7. The smallest absolute Gasteiger partial charge is 0.264 e. The summed E-state index contributed by atoms with van der Waals surface area (Å²) in [5, 5.41) is 9.34. The van der Waals surface area contributed by atoms with Crippen LogP contribution in [-0.2, 0) is 7.05 Å². The molecule has 5 rings (SSSR count). The monoisotopic (exact) mass is 471 g/mol. The van der Waals surface area contributed by atoms with E-state index in [-0.39, 0.29) is 17.5 Å². The van der Waals surface area contributed by atoms with E-state index in [9.17, 15) is 4.79 Å². The minimum atomic E-state index is -0.319. The molecule has 0 aliphatic carbocycles. The Labute approximate surface area is 200 Å². The number of nitrogens with one attached hydrogen (secondary N) is 1. The number of benzene rings is 2. The van der Waals surface area contributed by atoms with Gasteiger partial charge in [-0.15, -0.1) is 0 Å². The molecule has 0 saturated carbocycles. The van der Waals surface area contributed by atoms with Crippen molar-refractivity contribution in [2.24, 2.45) is 7.05 Å². The molecule has 8 nitrogen and oxygen atoms in total. The van der Waals surface area contributed by atoms with Crippen LogP contribution < -0.4 is 16.6 Å². The third-order valence-corrected chi connectivity index (χ3v) is 5.97. The second kappa shape index (κ2) is 8.64. The maximum Gasteiger partial charge on any atom is 0.264 e. The molecule has 0 fully saturated rings. The topological polar surface area (TPSA) is 104 Å². The Morgan fingerprint density at radius 3 is 2.62 bits per heavy atom. The van der Waals surface area contributed by atoms with Crippen LogP contribution in [0.1, 0.15) is 18.7 Å². The molecular formula is C25H22ClN7O. The Balaban J connectivity index is 1.67. The van der Waals surface area contributed by atoms with E-state index in [1.165, 1.54) is 0 Å².